The molecule has 5 heteroatoms. The molecule has 0 saturated heterocycles. The standard InChI is InChI=1S/C8H10.C3H6O.C2H6O2S.CH3F/c1-7-3-5-8(2)6-4-7;1-3(2)4;1-4-5(2)3;1-2/h3-6H,1-2H3;1-2H3;1-2H3;1H3. The summed E-state index contributed by atoms with van der Waals surface area (Å²) in [5.41, 5.74) is 2.66. The van der Waals surface area contributed by atoms with Crippen LogP contribution in [0, 0.1) is 13.8 Å². The highest BCUT2D eigenvalue weighted by atomic mass is 32.2. The van der Waals surface area contributed by atoms with Gasteiger partial charge in [0, 0.05) is 6.26 Å². The number of benzene rings is 1. The van der Waals surface area contributed by atoms with Crippen LogP contribution in [-0.4, -0.2) is 30.5 Å². The van der Waals surface area contributed by atoms with Gasteiger partial charge in [-0.25, -0.2) is 4.21 Å². The largest absolute Gasteiger partial charge is 0.300 e. The number of carbonyl (C=O) groups is 1. The zero-order valence-corrected chi connectivity index (χ0v) is 13.6. The summed E-state index contributed by atoms with van der Waals surface area (Å²) in [6.45, 7) is 7.25. The van der Waals surface area contributed by atoms with Gasteiger partial charge in [-0.05, 0) is 27.7 Å². The number of carbonyl (C=O) groups excluding carboxylic acids is 1. The van der Waals surface area contributed by atoms with E-state index in [-0.39, 0.29) is 5.78 Å². The molecule has 1 rings (SSSR count). The van der Waals surface area contributed by atoms with Crippen LogP contribution < -0.4 is 0 Å². The molecule has 0 radical (unpaired) electrons. The molecule has 0 bridgehead atoms. The molecule has 0 N–H and O–H groups in total. The molecule has 19 heavy (non-hydrogen) atoms. The highest BCUT2D eigenvalue weighted by molar-refractivity contribution is 7.79. The summed E-state index contributed by atoms with van der Waals surface area (Å²) in [4.78, 5) is 9.44. The maximum Gasteiger partial charge on any atom is 0.151 e. The van der Waals surface area contributed by atoms with Crippen LogP contribution in [0.25, 0.3) is 0 Å². The first-order valence-electron chi connectivity index (χ1n) is 5.55. The number of hydrogen-bond donors (Lipinski definition) is 0. The summed E-state index contributed by atoms with van der Waals surface area (Å²) in [7, 11) is 1.90. The second-order valence-corrected chi connectivity index (χ2v) is 4.77. The lowest BCUT2D eigenvalue weighted by Crippen LogP contribution is -1.83. The minimum absolute atomic E-state index is 0.167. The van der Waals surface area contributed by atoms with Crippen molar-refractivity contribution in [1.29, 1.82) is 0 Å². The maximum absolute atomic E-state index is 9.70. The number of Topliss-reactive ketones (excluding diaryl/α,β-unsaturated/α-hetero) is 1. The molecular formula is C14H25FO3S. The maximum atomic E-state index is 9.70. The van der Waals surface area contributed by atoms with Gasteiger partial charge in [0.25, 0.3) is 0 Å². The Kier molecular flexibility index (Phi) is 20.5. The molecule has 3 nitrogen and oxygen atoms in total. The zero-order valence-electron chi connectivity index (χ0n) is 12.8. The third-order valence-electron chi connectivity index (χ3n) is 1.45. The molecule has 1 unspecified atom stereocenters. The molecule has 1 aromatic rings. The smallest absolute Gasteiger partial charge is 0.151 e. The Morgan fingerprint density at radius 2 is 1.21 bits per heavy atom. The van der Waals surface area contributed by atoms with Crippen LogP contribution in [-0.2, 0) is 20.1 Å². The first-order chi connectivity index (χ1) is 8.79. The van der Waals surface area contributed by atoms with E-state index in [1.165, 1.54) is 38.3 Å². The highest BCUT2D eigenvalue weighted by Gasteiger charge is 1.79. The van der Waals surface area contributed by atoms with Gasteiger partial charge in [-0.1, -0.05) is 35.4 Å². The molecule has 0 aliphatic heterocycles. The Morgan fingerprint density at radius 3 is 1.32 bits per heavy atom. The van der Waals surface area contributed by atoms with Crippen molar-refractivity contribution in [3.63, 3.8) is 0 Å². The SMILES string of the molecule is CC(C)=O.CF.COS(C)=O.Cc1ccc(C)cc1. The van der Waals surface area contributed by atoms with Gasteiger partial charge in [0.05, 0.1) is 14.3 Å². The van der Waals surface area contributed by atoms with E-state index in [0.717, 1.165) is 0 Å². The summed E-state index contributed by atoms with van der Waals surface area (Å²) in [5.74, 6) is 0.167. The van der Waals surface area contributed by atoms with Crippen molar-refractivity contribution >= 4 is 16.9 Å². The average Bonchev–Trinajstić information content (AvgIpc) is 2.35. The van der Waals surface area contributed by atoms with E-state index in [0.29, 0.717) is 7.18 Å². The van der Waals surface area contributed by atoms with E-state index in [4.69, 9.17) is 0 Å². The summed E-state index contributed by atoms with van der Waals surface area (Å²) >= 11 is -1.07. The number of hydrogen-bond acceptors (Lipinski definition) is 3. The molecule has 0 heterocycles. The lowest BCUT2D eigenvalue weighted by atomic mass is 10.2. The van der Waals surface area contributed by atoms with Crippen molar-refractivity contribution in [1.82, 2.24) is 0 Å². The van der Waals surface area contributed by atoms with Crippen molar-refractivity contribution in [2.45, 2.75) is 27.7 Å². The Bertz CT molecular complexity index is 312. The predicted octanol–water partition coefficient (Wildman–Crippen LogP) is 3.41. The van der Waals surface area contributed by atoms with Gasteiger partial charge in [0.1, 0.15) is 5.78 Å². The fraction of sp³-hybridized carbons (Fsp3) is 0.500. The molecule has 0 aromatic heterocycles. The molecule has 0 spiro atoms. The van der Waals surface area contributed by atoms with Crippen LogP contribution in [0.15, 0.2) is 24.3 Å². The van der Waals surface area contributed by atoms with Gasteiger partial charge in [0.15, 0.2) is 11.1 Å². The Morgan fingerprint density at radius 1 is 1.05 bits per heavy atom. The lowest BCUT2D eigenvalue weighted by molar-refractivity contribution is -0.114. The molecule has 1 aromatic carbocycles. The fourth-order valence-corrected chi connectivity index (χ4v) is 0.637. The fourth-order valence-electron chi connectivity index (χ4n) is 0.637. The summed E-state index contributed by atoms with van der Waals surface area (Å²) in [6.07, 6.45) is 1.47. The van der Waals surface area contributed by atoms with Crippen LogP contribution in [0.2, 0.25) is 0 Å². The first kappa shape index (κ1) is 23.1. The minimum atomic E-state index is -1.07. The van der Waals surface area contributed by atoms with Crippen LogP contribution in [0.3, 0.4) is 0 Å². The number of halogens is 1. The topological polar surface area (TPSA) is 43.4 Å². The number of rotatable bonds is 1. The molecule has 0 amide bonds. The van der Waals surface area contributed by atoms with Crippen LogP contribution >= 0.6 is 0 Å². The zero-order chi connectivity index (χ0) is 15.8. The van der Waals surface area contributed by atoms with Crippen LogP contribution in [0.4, 0.5) is 4.39 Å². The van der Waals surface area contributed by atoms with Crippen molar-refractivity contribution in [2.75, 3.05) is 20.5 Å². The van der Waals surface area contributed by atoms with Crippen LogP contribution in [0.1, 0.15) is 25.0 Å². The van der Waals surface area contributed by atoms with E-state index in [1.54, 1.807) is 0 Å². The third-order valence-corrected chi connectivity index (χ3v) is 1.92. The van der Waals surface area contributed by atoms with Crippen LogP contribution in [0.5, 0.6) is 0 Å². The number of aryl methyl sites for hydroxylation is 2. The van der Waals surface area contributed by atoms with Crippen molar-refractivity contribution in [3.05, 3.63) is 35.4 Å². The lowest BCUT2D eigenvalue weighted by Gasteiger charge is -1.90. The minimum Gasteiger partial charge on any atom is -0.300 e. The molecular weight excluding hydrogens is 267 g/mol. The van der Waals surface area contributed by atoms with Crippen molar-refractivity contribution < 1.29 is 17.6 Å². The monoisotopic (exact) mass is 292 g/mol. The summed E-state index contributed by atoms with van der Waals surface area (Å²) in [6, 6.07) is 8.48. The van der Waals surface area contributed by atoms with Gasteiger partial charge in [-0.2, -0.15) is 0 Å². The van der Waals surface area contributed by atoms with Gasteiger partial charge in [-0.3, -0.25) is 8.57 Å². The summed E-state index contributed by atoms with van der Waals surface area (Å²) < 4.78 is 23.4. The van der Waals surface area contributed by atoms with E-state index in [9.17, 15) is 13.4 Å². The molecule has 0 fully saturated rings. The Labute approximate surface area is 118 Å². The Hall–Kier alpha value is -1.07. The second-order valence-electron chi connectivity index (χ2n) is 3.63. The van der Waals surface area contributed by atoms with Crippen molar-refractivity contribution in [2.24, 2.45) is 0 Å². The van der Waals surface area contributed by atoms with Gasteiger partial charge < -0.3 is 4.79 Å². The Balaban J connectivity index is -0.000000203. The molecule has 0 aliphatic rings. The number of ketones is 1. The predicted molar refractivity (Wildman–Crippen MR) is 80.4 cm³/mol. The summed E-state index contributed by atoms with van der Waals surface area (Å²) in [5, 5.41) is 0. The highest BCUT2D eigenvalue weighted by Crippen LogP contribution is 1.99. The first-order valence-corrected chi connectivity index (χ1v) is 7.04. The third kappa shape index (κ3) is 31.6. The quantitative estimate of drug-likeness (QED) is 0.796. The van der Waals surface area contributed by atoms with E-state index < -0.39 is 11.1 Å². The molecule has 1 atom stereocenters. The van der Waals surface area contributed by atoms with Crippen molar-refractivity contribution in [3.8, 4) is 0 Å². The van der Waals surface area contributed by atoms with E-state index >= 15 is 0 Å². The molecule has 0 aliphatic carbocycles. The normalized spacial score (nSPS) is 9.47. The molecule has 0 saturated carbocycles. The molecule has 112 valence electrons. The van der Waals surface area contributed by atoms with E-state index in [1.807, 2.05) is 0 Å². The van der Waals surface area contributed by atoms with Gasteiger partial charge >= 0.3 is 0 Å². The van der Waals surface area contributed by atoms with Gasteiger partial charge in [0.2, 0.25) is 0 Å². The van der Waals surface area contributed by atoms with Gasteiger partial charge in [-0.15, -0.1) is 0 Å². The average molecular weight is 292 g/mol. The van der Waals surface area contributed by atoms with E-state index in [2.05, 4.69) is 42.3 Å². The second kappa shape index (κ2) is 16.9. The number of alkyl halides is 1.